The standard InChI is InChI=1S/C13H34B3N3O6.C10H25N3O3.C2H5B2O3.CH4/c1-14(21)17-4-5-18(15(2)22)6-7-19(16(3)23)8-10-24-12-13-25-11-9-20;11-1-2-12-3-4-13-5-7-15-9-10-16-8-6-14;1-3-7-6-2-4-5;/h17,20-23H,4-13H2,1-3H3;12-14H,1-11H2;2H2,1H3;1H4. The first-order chi connectivity index (χ1) is 23.2. The first-order valence-corrected chi connectivity index (χ1v) is 16.6. The predicted octanol–water partition coefficient (Wildman–Crippen LogP) is -4.07. The van der Waals surface area contributed by atoms with E-state index in [0.717, 1.165) is 26.2 Å². The molecule has 0 atom stereocenters. The fourth-order valence-electron chi connectivity index (χ4n) is 3.41. The van der Waals surface area contributed by atoms with Crippen LogP contribution in [-0.2, 0) is 33.3 Å². The monoisotopic (exact) mass is 712 g/mol. The molecule has 0 rings (SSSR count). The molecule has 0 aromatic carbocycles. The van der Waals surface area contributed by atoms with E-state index in [4.69, 9.17) is 34.9 Å². The Labute approximate surface area is 298 Å². The maximum absolute atomic E-state index is 9.88. The Morgan fingerprint density at radius 3 is 1.61 bits per heavy atom. The zero-order chi connectivity index (χ0) is 36.5. The molecule has 289 valence electrons. The zero-order valence-electron chi connectivity index (χ0n) is 29.8. The Balaban J connectivity index is -0.000000359. The Hall–Kier alpha value is -0.555. The van der Waals surface area contributed by atoms with Gasteiger partial charge in [-0.15, -0.1) is 0 Å². The van der Waals surface area contributed by atoms with E-state index in [2.05, 4.69) is 25.6 Å². The Morgan fingerprint density at radius 1 is 0.673 bits per heavy atom. The van der Waals surface area contributed by atoms with Gasteiger partial charge in [0.05, 0.1) is 66.1 Å². The summed E-state index contributed by atoms with van der Waals surface area (Å²) in [6.07, 6.45) is 0. The number of hydrogen-bond acceptors (Lipinski definition) is 18. The molecule has 0 aliphatic heterocycles. The second kappa shape index (κ2) is 47.4. The third-order valence-corrected chi connectivity index (χ3v) is 5.83. The van der Waals surface area contributed by atoms with Crippen molar-refractivity contribution in [3.05, 3.63) is 0 Å². The van der Waals surface area contributed by atoms with Gasteiger partial charge in [0.1, 0.15) is 0 Å². The summed E-state index contributed by atoms with van der Waals surface area (Å²) in [4.78, 5) is 12.2. The van der Waals surface area contributed by atoms with Gasteiger partial charge in [0.15, 0.2) is 0 Å². The van der Waals surface area contributed by atoms with E-state index in [1.54, 1.807) is 27.3 Å². The van der Waals surface area contributed by atoms with Gasteiger partial charge in [0.25, 0.3) is 0 Å². The zero-order valence-corrected chi connectivity index (χ0v) is 29.8. The van der Waals surface area contributed by atoms with Crippen molar-refractivity contribution in [1.82, 2.24) is 25.5 Å². The van der Waals surface area contributed by atoms with Crippen molar-refractivity contribution in [3.63, 3.8) is 0 Å². The van der Waals surface area contributed by atoms with Crippen LogP contribution in [-0.4, -0.2) is 209 Å². The number of aliphatic hydroxyl groups is 2. The van der Waals surface area contributed by atoms with Gasteiger partial charge in [0.2, 0.25) is 0 Å². The van der Waals surface area contributed by atoms with Gasteiger partial charge in [-0.3, -0.25) is 0 Å². The molecule has 0 heterocycles. The van der Waals surface area contributed by atoms with E-state index in [0.29, 0.717) is 99.3 Å². The molecular weight excluding hydrogens is 642 g/mol. The number of nitrogens with two attached hydrogens (primary N) is 1. The van der Waals surface area contributed by atoms with Gasteiger partial charge in [-0.25, -0.2) is 0 Å². The van der Waals surface area contributed by atoms with E-state index in [9.17, 15) is 19.8 Å². The van der Waals surface area contributed by atoms with Gasteiger partial charge in [-0.2, -0.15) is 0 Å². The molecule has 49 heavy (non-hydrogen) atoms. The van der Waals surface area contributed by atoms with Crippen molar-refractivity contribution in [1.29, 1.82) is 0 Å². The minimum absolute atomic E-state index is 0. The van der Waals surface area contributed by atoms with Crippen molar-refractivity contribution in [2.24, 2.45) is 5.73 Å². The van der Waals surface area contributed by atoms with E-state index in [1.807, 2.05) is 9.62 Å². The molecule has 18 nitrogen and oxygen atoms in total. The molecule has 23 heteroatoms. The van der Waals surface area contributed by atoms with Crippen molar-refractivity contribution in [2.75, 3.05) is 138 Å². The van der Waals surface area contributed by atoms with Crippen LogP contribution in [0.5, 0.6) is 0 Å². The molecule has 1 radical (unpaired) electrons. The van der Waals surface area contributed by atoms with Crippen LogP contribution in [0.4, 0.5) is 0 Å². The summed E-state index contributed by atoms with van der Waals surface area (Å²) in [5.41, 5.74) is 5.33. The molecule has 0 bridgehead atoms. The molecule has 0 aromatic heterocycles. The van der Waals surface area contributed by atoms with Crippen LogP contribution in [0.2, 0.25) is 27.3 Å². The van der Waals surface area contributed by atoms with Crippen LogP contribution in [0.1, 0.15) is 7.43 Å². The maximum atomic E-state index is 9.88. The Kier molecular flexibility index (Phi) is 53.5. The predicted molar refractivity (Wildman–Crippen MR) is 197 cm³/mol. The summed E-state index contributed by atoms with van der Waals surface area (Å²) in [5.74, 6) is 0. The number of hydrogen-bond donors (Lipinski definition) is 9. The van der Waals surface area contributed by atoms with E-state index < -0.39 is 21.2 Å². The maximum Gasteiger partial charge on any atom is 0.0701 e. The minimum atomic E-state index is -0.610. The van der Waals surface area contributed by atoms with Crippen LogP contribution in [0, 0.1) is 0 Å². The van der Waals surface area contributed by atoms with Gasteiger partial charge in [-0.05, 0) is 27.0 Å². The molecule has 0 amide bonds. The second-order valence-corrected chi connectivity index (χ2v) is 9.93. The van der Waals surface area contributed by atoms with E-state index >= 15 is 0 Å². The van der Waals surface area contributed by atoms with Crippen molar-refractivity contribution < 1.29 is 58.6 Å². The van der Waals surface area contributed by atoms with Crippen molar-refractivity contribution in [2.45, 2.75) is 34.7 Å². The average Bonchev–Trinajstić information content (AvgIpc) is 3.05. The van der Waals surface area contributed by atoms with Crippen LogP contribution in [0.25, 0.3) is 0 Å². The molecular formula is C26H68B5N6O12. The molecule has 10 N–H and O–H groups in total. The van der Waals surface area contributed by atoms with Crippen molar-refractivity contribution in [3.8, 4) is 0 Å². The molecule has 0 aliphatic rings. The minimum Gasteiger partial charge on any atom is -0.394 e. The fraction of sp³-hybridized carbons (Fsp3) is 1.00. The largest absolute Gasteiger partial charge is 0.394 e. The van der Waals surface area contributed by atoms with E-state index in [-0.39, 0.29) is 27.1 Å². The summed E-state index contributed by atoms with van der Waals surface area (Å²) in [6, 6.07) is 0. The fourth-order valence-corrected chi connectivity index (χ4v) is 3.41. The third-order valence-electron chi connectivity index (χ3n) is 5.83. The summed E-state index contributed by atoms with van der Waals surface area (Å²) in [6.45, 7) is 17.7. The normalized spacial score (nSPS) is 10.4. The Morgan fingerprint density at radius 2 is 1.16 bits per heavy atom. The number of aliphatic hydroxyl groups excluding tert-OH is 2. The number of nitrogens with one attached hydrogen (secondary N) is 3. The topological polar surface area (TPSA) is 242 Å². The number of rotatable bonds is 34. The smallest absolute Gasteiger partial charge is 0.0701 e. The van der Waals surface area contributed by atoms with Crippen molar-refractivity contribution >= 4 is 35.8 Å². The molecule has 0 saturated heterocycles. The average molecular weight is 711 g/mol. The SMILES string of the molecule is C.CB(O)NCCN(CCN(CCOCCOCCO)B(C)O)B(C)O.C[B]OOCB=O.NCCNCCNCCOCCOCCO. The summed E-state index contributed by atoms with van der Waals surface area (Å²) in [5, 5.41) is 55.3. The number of nitrogens with zero attached hydrogens (tertiary/aromatic N) is 2. The van der Waals surface area contributed by atoms with Crippen LogP contribution < -0.4 is 21.6 Å². The van der Waals surface area contributed by atoms with Crippen LogP contribution in [0.15, 0.2) is 0 Å². The molecule has 0 saturated carbocycles. The molecule has 0 fully saturated rings. The summed E-state index contributed by atoms with van der Waals surface area (Å²) < 4.78 is 30.3. The van der Waals surface area contributed by atoms with Crippen LogP contribution in [0.3, 0.4) is 0 Å². The summed E-state index contributed by atoms with van der Waals surface area (Å²) >= 11 is 0. The molecule has 0 aliphatic carbocycles. The first-order valence-electron chi connectivity index (χ1n) is 16.6. The first kappa shape index (κ1) is 55.2. The molecule has 0 unspecified atom stereocenters. The quantitative estimate of drug-likeness (QED) is 0.0134. The summed E-state index contributed by atoms with van der Waals surface area (Å²) in [7, 11) is 0.170. The van der Waals surface area contributed by atoms with Gasteiger partial charge < -0.3 is 75.4 Å². The second-order valence-electron chi connectivity index (χ2n) is 9.93. The van der Waals surface area contributed by atoms with Gasteiger partial charge in [0, 0.05) is 58.9 Å². The molecule has 0 aromatic rings. The van der Waals surface area contributed by atoms with Gasteiger partial charge >= 0.3 is 63.5 Å². The van der Waals surface area contributed by atoms with Gasteiger partial charge in [-0.1, -0.05) is 7.43 Å². The van der Waals surface area contributed by atoms with Crippen LogP contribution >= 0.6 is 0 Å². The third kappa shape index (κ3) is 49.6. The number of ether oxygens (including phenoxy) is 4. The van der Waals surface area contributed by atoms with E-state index in [1.165, 1.54) is 7.48 Å². The Bertz CT molecular complexity index is 611. The molecule has 0 spiro atoms.